The molecule has 2 amide bonds. The van der Waals surface area contributed by atoms with Crippen LogP contribution in [0.15, 0.2) is 0 Å². The first-order valence-corrected chi connectivity index (χ1v) is 7.41. The molecule has 2 saturated carbocycles. The molecule has 5 nitrogen and oxygen atoms in total. The molecule has 0 aromatic rings. The van der Waals surface area contributed by atoms with Gasteiger partial charge in [-0.05, 0) is 44.9 Å². The van der Waals surface area contributed by atoms with Crippen LogP contribution < -0.4 is 5.32 Å². The van der Waals surface area contributed by atoms with Crippen LogP contribution >= 0.6 is 0 Å². The summed E-state index contributed by atoms with van der Waals surface area (Å²) in [6.45, 7) is 2.90. The van der Waals surface area contributed by atoms with Crippen LogP contribution in [-0.4, -0.2) is 40.6 Å². The molecule has 19 heavy (non-hydrogen) atoms. The number of hydrogen-bond acceptors (Lipinski definition) is 2. The Bertz CT molecular complexity index is 334. The summed E-state index contributed by atoms with van der Waals surface area (Å²) < 4.78 is 0. The van der Waals surface area contributed by atoms with Crippen molar-refractivity contribution < 1.29 is 14.7 Å². The summed E-state index contributed by atoms with van der Waals surface area (Å²) in [5, 5.41) is 12.0. The highest BCUT2D eigenvalue weighted by atomic mass is 16.4. The van der Waals surface area contributed by atoms with Crippen molar-refractivity contribution in [1.29, 1.82) is 0 Å². The minimum atomic E-state index is -0.699. The van der Waals surface area contributed by atoms with Crippen molar-refractivity contribution in [2.75, 3.05) is 6.54 Å². The normalized spacial score (nSPS) is 26.8. The van der Waals surface area contributed by atoms with Crippen molar-refractivity contribution in [3.8, 4) is 0 Å². The summed E-state index contributed by atoms with van der Waals surface area (Å²) in [4.78, 5) is 25.0. The van der Waals surface area contributed by atoms with E-state index >= 15 is 0 Å². The predicted octanol–water partition coefficient (Wildman–Crippen LogP) is 2.21. The average Bonchev–Trinajstić information content (AvgIpc) is 3.20. The van der Waals surface area contributed by atoms with Gasteiger partial charge in [0, 0.05) is 18.6 Å². The molecule has 0 aromatic heterocycles. The van der Waals surface area contributed by atoms with Crippen LogP contribution in [0.3, 0.4) is 0 Å². The molecule has 0 atom stereocenters. The van der Waals surface area contributed by atoms with Gasteiger partial charge in [-0.15, -0.1) is 0 Å². The Balaban J connectivity index is 1.77. The van der Waals surface area contributed by atoms with Crippen molar-refractivity contribution >= 4 is 12.0 Å². The minimum Gasteiger partial charge on any atom is -0.481 e. The van der Waals surface area contributed by atoms with Gasteiger partial charge >= 0.3 is 12.0 Å². The van der Waals surface area contributed by atoms with E-state index < -0.39 is 5.97 Å². The van der Waals surface area contributed by atoms with Crippen LogP contribution in [0, 0.1) is 5.92 Å². The van der Waals surface area contributed by atoms with Gasteiger partial charge < -0.3 is 15.3 Å². The summed E-state index contributed by atoms with van der Waals surface area (Å²) in [6.07, 6.45) is 6.16. The van der Waals surface area contributed by atoms with E-state index in [1.165, 1.54) is 0 Å². The van der Waals surface area contributed by atoms with Gasteiger partial charge in [-0.2, -0.15) is 0 Å². The van der Waals surface area contributed by atoms with Crippen LogP contribution in [0.25, 0.3) is 0 Å². The highest BCUT2D eigenvalue weighted by Crippen LogP contribution is 2.28. The number of aliphatic carboxylic acids is 1. The molecule has 0 bridgehead atoms. The van der Waals surface area contributed by atoms with Gasteiger partial charge in [0.1, 0.15) is 0 Å². The Labute approximate surface area is 114 Å². The first kappa shape index (κ1) is 14.2. The van der Waals surface area contributed by atoms with E-state index in [1.807, 2.05) is 4.90 Å². The third kappa shape index (κ3) is 3.85. The van der Waals surface area contributed by atoms with Crippen LogP contribution in [0.2, 0.25) is 0 Å². The molecule has 0 radical (unpaired) electrons. The topological polar surface area (TPSA) is 69.6 Å². The Kier molecular flexibility index (Phi) is 4.66. The lowest BCUT2D eigenvalue weighted by Gasteiger charge is -2.30. The summed E-state index contributed by atoms with van der Waals surface area (Å²) >= 11 is 0. The van der Waals surface area contributed by atoms with Gasteiger partial charge in [-0.25, -0.2) is 4.79 Å². The summed E-state index contributed by atoms with van der Waals surface area (Å²) in [7, 11) is 0. The number of amides is 2. The maximum Gasteiger partial charge on any atom is 0.317 e. The van der Waals surface area contributed by atoms with Gasteiger partial charge in [0.25, 0.3) is 0 Å². The fourth-order valence-corrected chi connectivity index (χ4v) is 2.82. The number of hydrogen-bond donors (Lipinski definition) is 2. The Hall–Kier alpha value is -1.26. The Morgan fingerprint density at radius 3 is 2.26 bits per heavy atom. The maximum atomic E-state index is 12.2. The molecule has 0 spiro atoms. The molecular formula is C14H24N2O3. The van der Waals surface area contributed by atoms with E-state index in [1.54, 1.807) is 0 Å². The second-order valence-corrected chi connectivity index (χ2v) is 5.76. The molecule has 5 heteroatoms. The maximum absolute atomic E-state index is 12.2. The molecule has 0 unspecified atom stereocenters. The van der Waals surface area contributed by atoms with Gasteiger partial charge in [0.05, 0.1) is 5.92 Å². The molecule has 0 saturated heterocycles. The smallest absolute Gasteiger partial charge is 0.317 e. The highest BCUT2D eigenvalue weighted by molar-refractivity contribution is 5.75. The van der Waals surface area contributed by atoms with Crippen molar-refractivity contribution in [3.05, 3.63) is 0 Å². The number of carboxylic acids is 1. The Morgan fingerprint density at radius 1 is 1.16 bits per heavy atom. The number of carbonyl (C=O) groups is 2. The predicted molar refractivity (Wildman–Crippen MR) is 71.9 cm³/mol. The second-order valence-electron chi connectivity index (χ2n) is 5.76. The Morgan fingerprint density at radius 2 is 1.79 bits per heavy atom. The van der Waals surface area contributed by atoms with E-state index in [0.717, 1.165) is 38.6 Å². The van der Waals surface area contributed by atoms with Gasteiger partial charge in [-0.1, -0.05) is 6.92 Å². The van der Waals surface area contributed by atoms with E-state index in [9.17, 15) is 9.59 Å². The number of urea groups is 1. The number of carbonyl (C=O) groups excluding carboxylic acids is 1. The number of nitrogens with one attached hydrogen (secondary N) is 1. The zero-order chi connectivity index (χ0) is 13.8. The molecular weight excluding hydrogens is 244 g/mol. The van der Waals surface area contributed by atoms with Crippen molar-refractivity contribution in [2.45, 2.75) is 64.0 Å². The van der Waals surface area contributed by atoms with Gasteiger partial charge in [0.2, 0.25) is 0 Å². The zero-order valence-corrected chi connectivity index (χ0v) is 11.6. The minimum absolute atomic E-state index is 0.0446. The first-order chi connectivity index (χ1) is 9.11. The molecule has 2 aliphatic carbocycles. The molecule has 2 fully saturated rings. The third-order valence-electron chi connectivity index (χ3n) is 4.12. The third-order valence-corrected chi connectivity index (χ3v) is 4.12. The van der Waals surface area contributed by atoms with Crippen LogP contribution in [0.4, 0.5) is 4.79 Å². The molecule has 0 aliphatic heterocycles. The summed E-state index contributed by atoms with van der Waals surface area (Å²) in [5.41, 5.74) is 0. The second kappa shape index (κ2) is 6.26. The standard InChI is InChI=1S/C14H24N2O3/c1-2-9-16(12-7-8-12)14(19)15-11-5-3-10(4-6-11)13(17)18/h10-12H,2-9H2,1H3,(H,15,19)(H,17,18). The molecule has 0 heterocycles. The van der Waals surface area contributed by atoms with Crippen molar-refractivity contribution in [1.82, 2.24) is 10.2 Å². The van der Waals surface area contributed by atoms with Crippen LogP contribution in [0.5, 0.6) is 0 Å². The van der Waals surface area contributed by atoms with E-state index in [2.05, 4.69) is 12.2 Å². The number of carboxylic acid groups (broad SMARTS) is 1. The summed E-state index contributed by atoms with van der Waals surface area (Å²) in [6, 6.07) is 0.639. The van der Waals surface area contributed by atoms with Crippen molar-refractivity contribution in [2.24, 2.45) is 5.92 Å². The van der Waals surface area contributed by atoms with Gasteiger partial charge in [-0.3, -0.25) is 4.79 Å². The first-order valence-electron chi connectivity index (χ1n) is 7.41. The molecule has 2 N–H and O–H groups in total. The van der Waals surface area contributed by atoms with Crippen molar-refractivity contribution in [3.63, 3.8) is 0 Å². The highest BCUT2D eigenvalue weighted by Gasteiger charge is 2.33. The molecule has 2 rings (SSSR count). The lowest BCUT2D eigenvalue weighted by Crippen LogP contribution is -2.47. The SMILES string of the molecule is CCCN(C(=O)NC1CCC(C(=O)O)CC1)C1CC1. The van der Waals surface area contributed by atoms with E-state index in [-0.39, 0.29) is 18.0 Å². The largest absolute Gasteiger partial charge is 0.481 e. The average molecular weight is 268 g/mol. The fraction of sp³-hybridized carbons (Fsp3) is 0.857. The quantitative estimate of drug-likeness (QED) is 0.803. The van der Waals surface area contributed by atoms with Gasteiger partial charge in [0.15, 0.2) is 0 Å². The molecule has 0 aromatic carbocycles. The van der Waals surface area contributed by atoms with E-state index in [0.29, 0.717) is 18.9 Å². The van der Waals surface area contributed by atoms with E-state index in [4.69, 9.17) is 5.11 Å². The van der Waals surface area contributed by atoms with Crippen LogP contribution in [0.1, 0.15) is 51.9 Å². The lowest BCUT2D eigenvalue weighted by atomic mass is 9.86. The number of rotatable bonds is 5. The molecule has 108 valence electrons. The fourth-order valence-electron chi connectivity index (χ4n) is 2.82. The monoisotopic (exact) mass is 268 g/mol. The summed E-state index contributed by atoms with van der Waals surface area (Å²) in [5.74, 6) is -0.918. The molecule has 2 aliphatic rings. The zero-order valence-electron chi connectivity index (χ0n) is 11.6. The van der Waals surface area contributed by atoms with Crippen LogP contribution in [-0.2, 0) is 4.79 Å². The number of nitrogens with zero attached hydrogens (tertiary/aromatic N) is 1. The lowest BCUT2D eigenvalue weighted by molar-refractivity contribution is -0.142.